The number of rotatable bonds is 5. The second-order valence-electron chi connectivity index (χ2n) is 8.55. The fourth-order valence-electron chi connectivity index (χ4n) is 4.46. The second-order valence-corrected chi connectivity index (χ2v) is 8.55. The summed E-state index contributed by atoms with van der Waals surface area (Å²) in [4.78, 5) is 42.1. The lowest BCUT2D eigenvalue weighted by atomic mass is 10.0. The summed E-state index contributed by atoms with van der Waals surface area (Å²) < 4.78 is 5.42. The highest BCUT2D eigenvalue weighted by atomic mass is 16.5. The monoisotopic (exact) mass is 435 g/mol. The van der Waals surface area contributed by atoms with Crippen LogP contribution in [0.3, 0.4) is 0 Å². The number of benzene rings is 2. The van der Waals surface area contributed by atoms with Crippen LogP contribution in [0.4, 0.5) is 11.4 Å². The molecule has 32 heavy (non-hydrogen) atoms. The molecule has 0 aromatic heterocycles. The minimum absolute atomic E-state index is 0.00450. The van der Waals surface area contributed by atoms with E-state index < -0.39 is 5.92 Å². The van der Waals surface area contributed by atoms with Gasteiger partial charge in [-0.15, -0.1) is 0 Å². The van der Waals surface area contributed by atoms with Crippen molar-refractivity contribution in [3.63, 3.8) is 0 Å². The second kappa shape index (κ2) is 9.02. The van der Waals surface area contributed by atoms with Crippen molar-refractivity contribution in [3.8, 4) is 5.75 Å². The first-order valence-corrected chi connectivity index (χ1v) is 11.0. The average molecular weight is 436 g/mol. The predicted octanol–water partition coefficient (Wildman–Crippen LogP) is 3.54. The lowest BCUT2D eigenvalue weighted by Crippen LogP contribution is -2.30. The maximum atomic E-state index is 13.0. The number of ether oxygens (including phenoxy) is 1. The highest BCUT2D eigenvalue weighted by Gasteiger charge is 2.36. The van der Waals surface area contributed by atoms with Gasteiger partial charge in [-0.1, -0.05) is 12.1 Å². The first kappa shape index (κ1) is 21.9. The van der Waals surface area contributed by atoms with Crippen molar-refractivity contribution in [3.05, 3.63) is 53.1 Å². The number of nitrogens with one attached hydrogen (secondary N) is 1. The number of aryl methyl sites for hydroxylation is 1. The summed E-state index contributed by atoms with van der Waals surface area (Å²) >= 11 is 0. The minimum Gasteiger partial charge on any atom is -0.495 e. The summed E-state index contributed by atoms with van der Waals surface area (Å²) in [6.45, 7) is 5.64. The molecule has 7 heteroatoms. The van der Waals surface area contributed by atoms with Crippen LogP contribution in [0.1, 0.15) is 40.7 Å². The fourth-order valence-corrected chi connectivity index (χ4v) is 4.46. The van der Waals surface area contributed by atoms with Gasteiger partial charge in [0.05, 0.1) is 18.7 Å². The molecule has 0 aliphatic carbocycles. The van der Waals surface area contributed by atoms with Crippen LogP contribution >= 0.6 is 0 Å². The predicted molar refractivity (Wildman–Crippen MR) is 123 cm³/mol. The number of hydrogen-bond donors (Lipinski definition) is 1. The molecule has 0 saturated carbocycles. The quantitative estimate of drug-likeness (QED) is 0.779. The maximum absolute atomic E-state index is 13.0. The van der Waals surface area contributed by atoms with Crippen molar-refractivity contribution >= 4 is 29.1 Å². The number of anilines is 2. The summed E-state index contributed by atoms with van der Waals surface area (Å²) in [5, 5.41) is 2.95. The van der Waals surface area contributed by atoms with Crippen LogP contribution in [0.25, 0.3) is 0 Å². The van der Waals surface area contributed by atoms with Gasteiger partial charge in [-0.2, -0.15) is 0 Å². The van der Waals surface area contributed by atoms with Gasteiger partial charge in [-0.25, -0.2) is 0 Å². The molecule has 1 unspecified atom stereocenters. The SMILES string of the molecule is COc1ccc(C)cc1N1CC(C(=O)Nc2cccc(C(=O)N3CCCC3)c2C)CC1=O. The zero-order valence-electron chi connectivity index (χ0n) is 18.8. The molecule has 2 aromatic rings. The molecule has 3 amide bonds. The normalized spacial score (nSPS) is 18.2. The van der Waals surface area contributed by atoms with Crippen molar-refractivity contribution in [2.24, 2.45) is 5.92 Å². The van der Waals surface area contributed by atoms with Crippen molar-refractivity contribution in [1.82, 2.24) is 4.90 Å². The molecule has 2 aliphatic rings. The van der Waals surface area contributed by atoms with Gasteiger partial charge < -0.3 is 19.9 Å². The highest BCUT2D eigenvalue weighted by molar-refractivity contribution is 6.05. The van der Waals surface area contributed by atoms with Crippen LogP contribution < -0.4 is 15.0 Å². The Labute approximate surface area is 188 Å². The lowest BCUT2D eigenvalue weighted by molar-refractivity contribution is -0.122. The van der Waals surface area contributed by atoms with Gasteiger partial charge in [0.25, 0.3) is 5.91 Å². The molecule has 2 aliphatic heterocycles. The summed E-state index contributed by atoms with van der Waals surface area (Å²) in [7, 11) is 1.57. The van der Waals surface area contributed by atoms with E-state index in [1.165, 1.54) is 0 Å². The lowest BCUT2D eigenvalue weighted by Gasteiger charge is -2.21. The van der Waals surface area contributed by atoms with E-state index >= 15 is 0 Å². The van der Waals surface area contributed by atoms with E-state index in [1.807, 2.05) is 36.9 Å². The van der Waals surface area contributed by atoms with E-state index in [0.29, 0.717) is 22.7 Å². The number of carbonyl (C=O) groups excluding carboxylic acids is 3. The Bertz CT molecular complexity index is 1060. The first-order chi connectivity index (χ1) is 15.4. The van der Waals surface area contributed by atoms with Crippen LogP contribution in [-0.4, -0.2) is 49.4 Å². The first-order valence-electron chi connectivity index (χ1n) is 11.0. The van der Waals surface area contributed by atoms with E-state index in [2.05, 4.69) is 5.32 Å². The Morgan fingerprint density at radius 1 is 1.09 bits per heavy atom. The van der Waals surface area contributed by atoms with Crippen LogP contribution in [0.15, 0.2) is 36.4 Å². The van der Waals surface area contributed by atoms with Gasteiger partial charge in [0.1, 0.15) is 5.75 Å². The third kappa shape index (κ3) is 4.20. The highest BCUT2D eigenvalue weighted by Crippen LogP contribution is 2.34. The number of likely N-dealkylation sites (tertiary alicyclic amines) is 1. The third-order valence-electron chi connectivity index (χ3n) is 6.34. The Morgan fingerprint density at radius 2 is 1.84 bits per heavy atom. The molecular formula is C25H29N3O4. The van der Waals surface area contributed by atoms with Gasteiger partial charge in [0.15, 0.2) is 0 Å². The molecule has 168 valence electrons. The molecule has 2 fully saturated rings. The van der Waals surface area contributed by atoms with E-state index in [4.69, 9.17) is 4.74 Å². The van der Waals surface area contributed by atoms with Crippen molar-refractivity contribution in [2.45, 2.75) is 33.1 Å². The van der Waals surface area contributed by atoms with Crippen molar-refractivity contribution < 1.29 is 19.1 Å². The molecule has 7 nitrogen and oxygen atoms in total. The largest absolute Gasteiger partial charge is 0.495 e. The van der Waals surface area contributed by atoms with Crippen molar-refractivity contribution in [2.75, 3.05) is 37.0 Å². The zero-order chi connectivity index (χ0) is 22.8. The van der Waals surface area contributed by atoms with Crippen LogP contribution in [-0.2, 0) is 9.59 Å². The van der Waals surface area contributed by atoms with Gasteiger partial charge in [-0.05, 0) is 62.1 Å². The number of hydrogen-bond acceptors (Lipinski definition) is 4. The fraction of sp³-hybridized carbons (Fsp3) is 0.400. The van der Waals surface area contributed by atoms with E-state index in [-0.39, 0.29) is 30.7 Å². The molecule has 1 N–H and O–H groups in total. The Kier molecular flexibility index (Phi) is 6.17. The Hall–Kier alpha value is -3.35. The molecular weight excluding hydrogens is 406 g/mol. The van der Waals surface area contributed by atoms with Gasteiger partial charge >= 0.3 is 0 Å². The molecule has 0 spiro atoms. The molecule has 0 radical (unpaired) electrons. The number of carbonyl (C=O) groups is 3. The van der Waals surface area contributed by atoms with E-state index in [9.17, 15) is 14.4 Å². The summed E-state index contributed by atoms with van der Waals surface area (Å²) in [6.07, 6.45) is 2.19. The van der Waals surface area contributed by atoms with Crippen LogP contribution in [0, 0.1) is 19.8 Å². The summed E-state index contributed by atoms with van der Waals surface area (Å²) in [5.41, 5.74) is 3.66. The standard InChI is InChI=1S/C25H29N3O4/c1-16-9-10-22(32-3)21(13-16)28-15-18(14-23(28)29)24(30)26-20-8-6-7-19(17(20)2)25(31)27-11-4-5-12-27/h6-10,13,18H,4-5,11-12,14-15H2,1-3H3,(H,26,30). The van der Waals surface area contributed by atoms with Gasteiger partial charge in [-0.3, -0.25) is 14.4 Å². The van der Waals surface area contributed by atoms with Crippen LogP contribution in [0.2, 0.25) is 0 Å². The molecule has 4 rings (SSSR count). The summed E-state index contributed by atoms with van der Waals surface area (Å²) in [6, 6.07) is 11.0. The topological polar surface area (TPSA) is 79.0 Å². The Morgan fingerprint density at radius 3 is 2.56 bits per heavy atom. The molecule has 1 atom stereocenters. The molecule has 2 heterocycles. The maximum Gasteiger partial charge on any atom is 0.254 e. The Balaban J connectivity index is 1.49. The van der Waals surface area contributed by atoms with E-state index in [0.717, 1.165) is 37.1 Å². The zero-order valence-corrected chi connectivity index (χ0v) is 18.8. The van der Waals surface area contributed by atoms with Gasteiger partial charge in [0.2, 0.25) is 11.8 Å². The smallest absolute Gasteiger partial charge is 0.254 e. The molecule has 2 saturated heterocycles. The van der Waals surface area contributed by atoms with Crippen LogP contribution in [0.5, 0.6) is 5.75 Å². The van der Waals surface area contributed by atoms with Crippen molar-refractivity contribution in [1.29, 1.82) is 0 Å². The average Bonchev–Trinajstić information content (AvgIpc) is 3.45. The molecule has 0 bridgehead atoms. The minimum atomic E-state index is -0.481. The number of amides is 3. The third-order valence-corrected chi connectivity index (χ3v) is 6.34. The molecule has 2 aromatic carbocycles. The summed E-state index contributed by atoms with van der Waals surface area (Å²) in [5.74, 6) is -0.200. The number of nitrogens with zero attached hydrogens (tertiary/aromatic N) is 2. The van der Waals surface area contributed by atoms with Gasteiger partial charge in [0, 0.05) is 37.3 Å². The number of methoxy groups -OCH3 is 1. The van der Waals surface area contributed by atoms with E-state index in [1.54, 1.807) is 30.2 Å².